The van der Waals surface area contributed by atoms with Crippen molar-refractivity contribution in [2.24, 2.45) is 12.2 Å². The maximum Gasteiger partial charge on any atom is 0.251 e. The lowest BCUT2D eigenvalue weighted by Crippen LogP contribution is -2.33. The van der Waals surface area contributed by atoms with Crippen molar-refractivity contribution in [3.63, 3.8) is 0 Å². The van der Waals surface area contributed by atoms with Crippen LogP contribution in [0.1, 0.15) is 39.4 Å². The average Bonchev–Trinajstić information content (AvgIpc) is 2.85. The topological polar surface area (TPSA) is 124 Å². The van der Waals surface area contributed by atoms with E-state index in [0.717, 1.165) is 0 Å². The van der Waals surface area contributed by atoms with E-state index in [1.807, 2.05) is 0 Å². The number of nitrogens with one attached hydrogen (secondary N) is 1. The second kappa shape index (κ2) is 11.7. The number of hydrogen-bond acceptors (Lipinski definition) is 6. The highest BCUT2D eigenvalue weighted by atomic mass is 35.5. The molecule has 0 radical (unpaired) electrons. The number of carbonyl (C=O) groups is 1. The molecular formula is C25H25ClFN3O5. The average molecular weight is 502 g/mol. The molecule has 0 fully saturated rings. The van der Waals surface area contributed by atoms with E-state index in [9.17, 15) is 24.3 Å². The number of halogens is 2. The van der Waals surface area contributed by atoms with Gasteiger partial charge in [0.1, 0.15) is 5.82 Å². The lowest BCUT2D eigenvalue weighted by molar-refractivity contribution is 0.0802. The van der Waals surface area contributed by atoms with Gasteiger partial charge in [-0.05, 0) is 41.5 Å². The summed E-state index contributed by atoms with van der Waals surface area (Å²) in [7, 11) is 1.57. The number of aliphatic hydroxyl groups is 2. The molecule has 35 heavy (non-hydrogen) atoms. The Balaban J connectivity index is 1.95. The van der Waals surface area contributed by atoms with Crippen molar-refractivity contribution >= 4 is 23.2 Å². The lowest BCUT2D eigenvalue weighted by atomic mass is 9.85. The van der Waals surface area contributed by atoms with Crippen LogP contribution < -0.4 is 10.9 Å². The standard InChI is InChI=1S/C25H25ClFN3O5/c1-30-13-17(6-9-24(30)33)23(29-35)11-21(20-8-7-18(26)10-22(20)27)15-2-4-16(5-3-15)25(34)28-12-19(32)14-31/h2-10,13,19,21,31-32,35H,11-12,14H2,1H3,(H,28,34)/b29-23-/t19-,21?/m1/s1. The number of aliphatic hydroxyl groups excluding tert-OH is 2. The van der Waals surface area contributed by atoms with Gasteiger partial charge < -0.3 is 25.3 Å². The summed E-state index contributed by atoms with van der Waals surface area (Å²) >= 11 is 5.93. The van der Waals surface area contributed by atoms with E-state index in [1.54, 1.807) is 43.4 Å². The van der Waals surface area contributed by atoms with Crippen LogP contribution in [0.2, 0.25) is 5.02 Å². The molecule has 1 amide bonds. The Bertz CT molecular complexity index is 1280. The summed E-state index contributed by atoms with van der Waals surface area (Å²) in [5, 5.41) is 34.2. The molecule has 3 aromatic rings. The minimum atomic E-state index is -1.07. The number of pyridine rings is 1. The third-order valence-corrected chi connectivity index (χ3v) is 5.79. The fourth-order valence-corrected chi connectivity index (χ4v) is 3.77. The van der Waals surface area contributed by atoms with Gasteiger partial charge in [0, 0.05) is 54.3 Å². The van der Waals surface area contributed by atoms with Crippen LogP contribution in [0.5, 0.6) is 0 Å². The highest BCUT2D eigenvalue weighted by molar-refractivity contribution is 6.30. The molecule has 2 aromatic carbocycles. The van der Waals surface area contributed by atoms with Gasteiger partial charge in [0.05, 0.1) is 18.4 Å². The van der Waals surface area contributed by atoms with Crippen LogP contribution in [-0.2, 0) is 7.05 Å². The Morgan fingerprint density at radius 3 is 2.43 bits per heavy atom. The molecular weight excluding hydrogens is 477 g/mol. The van der Waals surface area contributed by atoms with Crippen molar-refractivity contribution in [3.05, 3.63) is 104 Å². The highest BCUT2D eigenvalue weighted by Crippen LogP contribution is 2.33. The zero-order chi connectivity index (χ0) is 25.5. The summed E-state index contributed by atoms with van der Waals surface area (Å²) < 4.78 is 16.3. The van der Waals surface area contributed by atoms with E-state index in [1.165, 1.54) is 29.0 Å². The van der Waals surface area contributed by atoms with E-state index >= 15 is 0 Å². The molecule has 0 aliphatic rings. The molecule has 0 spiro atoms. The molecule has 0 bridgehead atoms. The second-order valence-corrected chi connectivity index (χ2v) is 8.44. The first kappa shape index (κ1) is 26.1. The first-order chi connectivity index (χ1) is 16.7. The summed E-state index contributed by atoms with van der Waals surface area (Å²) in [5.41, 5.74) is 1.76. The summed E-state index contributed by atoms with van der Waals surface area (Å²) in [4.78, 5) is 24.1. The van der Waals surface area contributed by atoms with Crippen molar-refractivity contribution in [1.29, 1.82) is 0 Å². The SMILES string of the molecule is Cn1cc(/C(CC(c2ccc(C(=O)NC[C@@H](O)CO)cc2)c2ccc(Cl)cc2F)=N\O)ccc1=O. The molecule has 0 saturated heterocycles. The number of benzene rings is 2. The van der Waals surface area contributed by atoms with Crippen molar-refractivity contribution in [3.8, 4) is 0 Å². The van der Waals surface area contributed by atoms with Gasteiger partial charge in [-0.1, -0.05) is 35.0 Å². The van der Waals surface area contributed by atoms with E-state index in [2.05, 4.69) is 10.5 Å². The van der Waals surface area contributed by atoms with Gasteiger partial charge in [0.15, 0.2) is 0 Å². The molecule has 0 saturated carbocycles. The third-order valence-electron chi connectivity index (χ3n) is 5.56. The highest BCUT2D eigenvalue weighted by Gasteiger charge is 2.23. The third kappa shape index (κ3) is 6.54. The van der Waals surface area contributed by atoms with E-state index < -0.39 is 30.4 Å². The van der Waals surface area contributed by atoms with Gasteiger partial charge in [-0.15, -0.1) is 0 Å². The number of amides is 1. The Hall–Kier alpha value is -3.53. The van der Waals surface area contributed by atoms with Gasteiger partial charge >= 0.3 is 0 Å². The minimum absolute atomic E-state index is 0.0848. The van der Waals surface area contributed by atoms with Crippen molar-refractivity contribution in [2.75, 3.05) is 13.2 Å². The Morgan fingerprint density at radius 2 is 1.83 bits per heavy atom. The van der Waals surface area contributed by atoms with Crippen LogP contribution in [0.15, 0.2) is 70.7 Å². The lowest BCUT2D eigenvalue weighted by Gasteiger charge is -2.20. The van der Waals surface area contributed by atoms with Gasteiger partial charge in [-0.2, -0.15) is 0 Å². The van der Waals surface area contributed by atoms with E-state index in [0.29, 0.717) is 22.3 Å². The first-order valence-electron chi connectivity index (χ1n) is 10.7. The first-order valence-corrected chi connectivity index (χ1v) is 11.1. The maximum atomic E-state index is 14.9. The molecule has 2 atom stereocenters. The quantitative estimate of drug-likeness (QED) is 0.204. The Morgan fingerprint density at radius 1 is 1.14 bits per heavy atom. The van der Waals surface area contributed by atoms with Gasteiger partial charge in [0.2, 0.25) is 5.56 Å². The number of aryl methyl sites for hydroxylation is 1. The molecule has 1 heterocycles. The van der Waals surface area contributed by atoms with Crippen LogP contribution in [0.3, 0.4) is 0 Å². The molecule has 3 rings (SSSR count). The van der Waals surface area contributed by atoms with Crippen LogP contribution in [-0.4, -0.2) is 50.9 Å². The molecule has 8 nitrogen and oxygen atoms in total. The predicted octanol–water partition coefficient (Wildman–Crippen LogP) is 2.66. The molecule has 0 aliphatic heterocycles. The van der Waals surface area contributed by atoms with Crippen molar-refractivity contribution in [2.45, 2.75) is 18.4 Å². The molecule has 0 aliphatic carbocycles. The normalized spacial score (nSPS) is 13.3. The minimum Gasteiger partial charge on any atom is -0.411 e. The predicted molar refractivity (Wildman–Crippen MR) is 130 cm³/mol. The monoisotopic (exact) mass is 501 g/mol. The fraction of sp³-hybridized carbons (Fsp3) is 0.240. The number of aromatic nitrogens is 1. The Kier molecular flexibility index (Phi) is 8.75. The number of nitrogens with zero attached hydrogens (tertiary/aromatic N) is 2. The van der Waals surface area contributed by atoms with E-state index in [4.69, 9.17) is 16.7 Å². The number of oxime groups is 1. The molecule has 10 heteroatoms. The van der Waals surface area contributed by atoms with Gasteiger partial charge in [-0.3, -0.25) is 9.59 Å². The zero-order valence-corrected chi connectivity index (χ0v) is 19.6. The summed E-state index contributed by atoms with van der Waals surface area (Å²) in [6.45, 7) is -0.580. The summed E-state index contributed by atoms with van der Waals surface area (Å²) in [6, 6.07) is 13.6. The Labute approximate surface area is 205 Å². The van der Waals surface area contributed by atoms with Crippen molar-refractivity contribution in [1.82, 2.24) is 9.88 Å². The van der Waals surface area contributed by atoms with Crippen LogP contribution in [0.25, 0.3) is 0 Å². The van der Waals surface area contributed by atoms with Crippen LogP contribution in [0, 0.1) is 5.82 Å². The van der Waals surface area contributed by atoms with Gasteiger partial charge in [0.25, 0.3) is 5.91 Å². The number of rotatable bonds is 9. The number of carbonyl (C=O) groups excluding carboxylic acids is 1. The molecule has 184 valence electrons. The van der Waals surface area contributed by atoms with Crippen LogP contribution in [0.4, 0.5) is 4.39 Å². The molecule has 1 aromatic heterocycles. The van der Waals surface area contributed by atoms with Crippen LogP contribution >= 0.6 is 11.6 Å². The molecule has 4 N–H and O–H groups in total. The summed E-state index contributed by atoms with van der Waals surface area (Å²) in [5.74, 6) is -1.59. The van der Waals surface area contributed by atoms with Gasteiger partial charge in [-0.25, -0.2) is 4.39 Å². The molecule has 1 unspecified atom stereocenters. The zero-order valence-electron chi connectivity index (χ0n) is 18.9. The van der Waals surface area contributed by atoms with E-state index in [-0.39, 0.29) is 29.3 Å². The second-order valence-electron chi connectivity index (χ2n) is 8.00. The number of hydrogen-bond donors (Lipinski definition) is 4. The fourth-order valence-electron chi connectivity index (χ4n) is 3.61. The smallest absolute Gasteiger partial charge is 0.251 e. The maximum absolute atomic E-state index is 14.9. The largest absolute Gasteiger partial charge is 0.411 e. The summed E-state index contributed by atoms with van der Waals surface area (Å²) in [6.07, 6.45) is 0.548. The van der Waals surface area contributed by atoms with Crippen molar-refractivity contribution < 1.29 is 24.6 Å².